The van der Waals surface area contributed by atoms with E-state index in [9.17, 15) is 4.79 Å². The molecule has 0 aliphatic heterocycles. The van der Waals surface area contributed by atoms with Crippen molar-refractivity contribution in [2.75, 3.05) is 19.8 Å². The average Bonchev–Trinajstić information content (AvgIpc) is 3.16. The van der Waals surface area contributed by atoms with Crippen LogP contribution in [0.15, 0.2) is 53.2 Å². The van der Waals surface area contributed by atoms with Gasteiger partial charge in [-0.2, -0.15) is 0 Å². The minimum absolute atomic E-state index is 0.139. The molecule has 0 aliphatic rings. The Bertz CT molecular complexity index is 1080. The van der Waals surface area contributed by atoms with Crippen LogP contribution in [0.3, 0.4) is 0 Å². The highest BCUT2D eigenvalue weighted by Gasteiger charge is 2.15. The number of carbonyl (C=O) groups is 1. The third kappa shape index (κ3) is 6.15. The predicted octanol–water partition coefficient (Wildman–Crippen LogP) is 6.49. The fourth-order valence-corrected chi connectivity index (χ4v) is 3.55. The predicted molar refractivity (Wildman–Crippen MR) is 130 cm³/mol. The second kappa shape index (κ2) is 11.2. The number of halogens is 1. The fourth-order valence-electron chi connectivity index (χ4n) is 3.42. The van der Waals surface area contributed by atoms with Gasteiger partial charge in [-0.3, -0.25) is 4.79 Å². The molecule has 1 amide bonds. The van der Waals surface area contributed by atoms with Gasteiger partial charge in [-0.25, -0.2) is 0 Å². The van der Waals surface area contributed by atoms with Crippen molar-refractivity contribution in [3.63, 3.8) is 0 Å². The maximum atomic E-state index is 12.4. The molecule has 1 heterocycles. The number of fused-ring (bicyclic) bond motifs is 1. The summed E-state index contributed by atoms with van der Waals surface area (Å²) in [5.41, 5.74) is 4.36. The van der Waals surface area contributed by atoms with E-state index in [1.165, 1.54) is 0 Å². The summed E-state index contributed by atoms with van der Waals surface area (Å²) in [6, 6.07) is 11.5. The quantitative estimate of drug-likeness (QED) is 0.280. The zero-order valence-electron chi connectivity index (χ0n) is 19.0. The van der Waals surface area contributed by atoms with Crippen molar-refractivity contribution in [2.45, 2.75) is 40.2 Å². The molecule has 170 valence electrons. The summed E-state index contributed by atoms with van der Waals surface area (Å²) in [4.78, 5) is 12.4. The van der Waals surface area contributed by atoms with Gasteiger partial charge in [0.1, 0.15) is 11.3 Å². The fraction of sp³-hybridized carbons (Fsp3) is 0.346. The number of furan rings is 1. The van der Waals surface area contributed by atoms with Crippen LogP contribution >= 0.6 is 11.6 Å². The Morgan fingerprint density at radius 1 is 1.22 bits per heavy atom. The van der Waals surface area contributed by atoms with Crippen molar-refractivity contribution in [1.82, 2.24) is 5.32 Å². The number of ether oxygens (including phenoxy) is 2. The van der Waals surface area contributed by atoms with Gasteiger partial charge in [0.15, 0.2) is 0 Å². The standard InChI is InChI=1S/C26H30ClNO4/c1-5-30-24-15-25-22(23(16-32-25)19-7-9-20(27)10-8-19)14-21(24)18(4)13-26(29)28-11-6-12-31-17(2)3/h7-10,13-17H,5-6,11-12H2,1-4H3,(H,28,29)/b18-13+. The first-order chi connectivity index (χ1) is 15.4. The summed E-state index contributed by atoms with van der Waals surface area (Å²) >= 11 is 6.04. The van der Waals surface area contributed by atoms with Crippen molar-refractivity contribution in [3.05, 3.63) is 59.3 Å². The molecule has 32 heavy (non-hydrogen) atoms. The van der Waals surface area contributed by atoms with E-state index in [2.05, 4.69) is 5.32 Å². The highest BCUT2D eigenvalue weighted by Crippen LogP contribution is 2.37. The van der Waals surface area contributed by atoms with Gasteiger partial charge in [-0.05, 0) is 63.5 Å². The molecule has 0 radical (unpaired) electrons. The molecule has 1 N–H and O–H groups in total. The van der Waals surface area contributed by atoms with Crippen LogP contribution in [0.2, 0.25) is 5.02 Å². The van der Waals surface area contributed by atoms with Gasteiger partial charge in [0.25, 0.3) is 0 Å². The Morgan fingerprint density at radius 3 is 2.66 bits per heavy atom. The molecule has 0 aliphatic carbocycles. The Hall–Kier alpha value is -2.76. The van der Waals surface area contributed by atoms with Crippen molar-refractivity contribution in [3.8, 4) is 16.9 Å². The molecule has 0 atom stereocenters. The lowest BCUT2D eigenvalue weighted by atomic mass is 9.99. The van der Waals surface area contributed by atoms with Crippen LogP contribution in [0.1, 0.15) is 39.7 Å². The smallest absolute Gasteiger partial charge is 0.244 e. The van der Waals surface area contributed by atoms with Crippen LogP contribution < -0.4 is 10.1 Å². The Morgan fingerprint density at radius 2 is 1.97 bits per heavy atom. The molecule has 0 spiro atoms. The molecule has 0 saturated heterocycles. The molecule has 6 heteroatoms. The second-order valence-electron chi connectivity index (χ2n) is 7.83. The van der Waals surface area contributed by atoms with E-state index in [1.807, 2.05) is 64.1 Å². The highest BCUT2D eigenvalue weighted by molar-refractivity contribution is 6.30. The molecule has 5 nitrogen and oxygen atoms in total. The Kier molecular flexibility index (Phi) is 8.37. The Balaban J connectivity index is 1.85. The zero-order valence-corrected chi connectivity index (χ0v) is 19.8. The lowest BCUT2D eigenvalue weighted by Crippen LogP contribution is -2.23. The molecule has 0 saturated carbocycles. The van der Waals surface area contributed by atoms with Crippen LogP contribution in [0.4, 0.5) is 0 Å². The SMILES string of the molecule is CCOc1cc2occ(-c3ccc(Cl)cc3)c2cc1/C(C)=C/C(=O)NCCCOC(C)C. The molecular formula is C26H30ClNO4. The minimum Gasteiger partial charge on any atom is -0.493 e. The molecule has 0 bridgehead atoms. The maximum Gasteiger partial charge on any atom is 0.244 e. The van der Waals surface area contributed by atoms with E-state index in [0.29, 0.717) is 30.5 Å². The topological polar surface area (TPSA) is 60.7 Å². The van der Waals surface area contributed by atoms with E-state index < -0.39 is 0 Å². The monoisotopic (exact) mass is 455 g/mol. The van der Waals surface area contributed by atoms with Crippen LogP contribution in [0, 0.1) is 0 Å². The molecule has 3 aromatic rings. The van der Waals surface area contributed by atoms with Gasteiger partial charge in [-0.1, -0.05) is 23.7 Å². The van der Waals surface area contributed by atoms with E-state index in [4.69, 9.17) is 25.5 Å². The molecule has 0 fully saturated rings. The van der Waals surface area contributed by atoms with Crippen LogP contribution in [0.5, 0.6) is 5.75 Å². The van der Waals surface area contributed by atoms with E-state index in [0.717, 1.165) is 39.7 Å². The van der Waals surface area contributed by atoms with E-state index >= 15 is 0 Å². The number of hydrogen-bond donors (Lipinski definition) is 1. The molecule has 3 rings (SSSR count). The lowest BCUT2D eigenvalue weighted by Gasteiger charge is -2.12. The van der Waals surface area contributed by atoms with Crippen LogP contribution in [-0.4, -0.2) is 31.8 Å². The lowest BCUT2D eigenvalue weighted by molar-refractivity contribution is -0.116. The molecular weight excluding hydrogens is 426 g/mol. The normalized spacial score (nSPS) is 11.9. The summed E-state index contributed by atoms with van der Waals surface area (Å²) in [7, 11) is 0. The highest BCUT2D eigenvalue weighted by atomic mass is 35.5. The molecule has 1 aromatic heterocycles. The summed E-state index contributed by atoms with van der Waals surface area (Å²) in [5.74, 6) is 0.545. The number of rotatable bonds is 10. The molecule has 0 unspecified atom stereocenters. The number of carbonyl (C=O) groups excluding carboxylic acids is 1. The van der Waals surface area contributed by atoms with Crippen molar-refractivity contribution in [2.24, 2.45) is 0 Å². The van der Waals surface area contributed by atoms with Gasteiger partial charge in [0.2, 0.25) is 5.91 Å². The maximum absolute atomic E-state index is 12.4. The number of nitrogens with one attached hydrogen (secondary N) is 1. The minimum atomic E-state index is -0.139. The first-order valence-corrected chi connectivity index (χ1v) is 11.3. The summed E-state index contributed by atoms with van der Waals surface area (Å²) in [6.07, 6.45) is 4.31. The number of allylic oxidation sites excluding steroid dienone is 1. The number of hydrogen-bond acceptors (Lipinski definition) is 4. The first kappa shape index (κ1) is 23.9. The second-order valence-corrected chi connectivity index (χ2v) is 8.26. The van der Waals surface area contributed by atoms with E-state index in [1.54, 1.807) is 12.3 Å². The van der Waals surface area contributed by atoms with Crippen LogP contribution in [0.25, 0.3) is 27.7 Å². The van der Waals surface area contributed by atoms with Crippen LogP contribution in [-0.2, 0) is 9.53 Å². The van der Waals surface area contributed by atoms with Crippen molar-refractivity contribution < 1.29 is 18.7 Å². The third-order valence-electron chi connectivity index (χ3n) is 4.97. The van der Waals surface area contributed by atoms with Gasteiger partial charge in [0, 0.05) is 46.8 Å². The summed E-state index contributed by atoms with van der Waals surface area (Å²) in [6.45, 7) is 9.53. The number of amides is 1. The van der Waals surface area contributed by atoms with Gasteiger partial charge < -0.3 is 19.2 Å². The molecule has 2 aromatic carbocycles. The first-order valence-electron chi connectivity index (χ1n) is 10.9. The Labute approximate surface area is 194 Å². The van der Waals surface area contributed by atoms with E-state index in [-0.39, 0.29) is 12.0 Å². The van der Waals surface area contributed by atoms with Crippen molar-refractivity contribution >= 4 is 34.1 Å². The zero-order chi connectivity index (χ0) is 23.1. The summed E-state index contributed by atoms with van der Waals surface area (Å²) in [5, 5.41) is 4.55. The largest absolute Gasteiger partial charge is 0.493 e. The third-order valence-corrected chi connectivity index (χ3v) is 5.23. The summed E-state index contributed by atoms with van der Waals surface area (Å²) < 4.78 is 17.2. The average molecular weight is 456 g/mol. The van der Waals surface area contributed by atoms with Crippen molar-refractivity contribution in [1.29, 1.82) is 0 Å². The van der Waals surface area contributed by atoms with Gasteiger partial charge in [0.05, 0.1) is 19.0 Å². The van der Waals surface area contributed by atoms with Gasteiger partial charge in [-0.15, -0.1) is 0 Å². The van der Waals surface area contributed by atoms with Gasteiger partial charge >= 0.3 is 0 Å². The number of benzene rings is 2.